The Kier molecular flexibility index (Phi) is 3.68. The molecule has 0 aromatic heterocycles. The van der Waals surface area contributed by atoms with Crippen LogP contribution in [0.1, 0.15) is 18.4 Å². The summed E-state index contributed by atoms with van der Waals surface area (Å²) in [5.74, 6) is 0.206. The van der Waals surface area contributed by atoms with Crippen molar-refractivity contribution in [1.82, 2.24) is 0 Å². The van der Waals surface area contributed by atoms with Crippen LogP contribution in [0.2, 0.25) is 0 Å². The minimum atomic E-state index is 0.206. The molecule has 1 N–H and O–H groups in total. The second kappa shape index (κ2) is 5.78. The van der Waals surface area contributed by atoms with E-state index in [1.807, 2.05) is 6.07 Å². The molecule has 1 saturated heterocycles. The van der Waals surface area contributed by atoms with Gasteiger partial charge in [-0.05, 0) is 42.7 Å². The van der Waals surface area contributed by atoms with Gasteiger partial charge in [0.1, 0.15) is 11.4 Å². The topological polar surface area (TPSA) is 35.8 Å². The minimum Gasteiger partial charge on any atom is -0.506 e. The molecule has 1 aliphatic heterocycles. The van der Waals surface area contributed by atoms with Crippen LogP contribution in [-0.2, 0) is 0 Å². The highest BCUT2D eigenvalue weighted by Crippen LogP contribution is 2.25. The Balaban J connectivity index is 1.73. The van der Waals surface area contributed by atoms with Crippen molar-refractivity contribution in [1.29, 1.82) is 0 Å². The molecule has 0 spiro atoms. The van der Waals surface area contributed by atoms with Gasteiger partial charge in [-0.1, -0.05) is 24.3 Å². The number of aliphatic imine (C=N–C) groups is 1. The summed E-state index contributed by atoms with van der Waals surface area (Å²) in [4.78, 5) is 6.72. The maximum atomic E-state index is 9.66. The molecule has 0 atom stereocenters. The number of nitrogens with zero attached hydrogens (tertiary/aromatic N) is 2. The molecule has 1 aliphatic rings. The molecule has 3 rings (SSSR count). The first-order valence-corrected chi connectivity index (χ1v) is 7.00. The Bertz CT molecular complexity index is 599. The minimum absolute atomic E-state index is 0.206. The molecule has 0 amide bonds. The van der Waals surface area contributed by atoms with Crippen LogP contribution >= 0.6 is 0 Å². The number of hydrogen-bond donors (Lipinski definition) is 1. The van der Waals surface area contributed by atoms with Gasteiger partial charge < -0.3 is 10.0 Å². The molecule has 0 unspecified atom stereocenters. The Morgan fingerprint density at radius 1 is 0.950 bits per heavy atom. The molecule has 3 nitrogen and oxygen atoms in total. The van der Waals surface area contributed by atoms with Crippen LogP contribution in [0.5, 0.6) is 5.75 Å². The zero-order valence-corrected chi connectivity index (χ0v) is 11.4. The van der Waals surface area contributed by atoms with Gasteiger partial charge in [-0.2, -0.15) is 0 Å². The zero-order chi connectivity index (χ0) is 13.8. The van der Waals surface area contributed by atoms with Crippen molar-refractivity contribution < 1.29 is 5.11 Å². The van der Waals surface area contributed by atoms with Crippen LogP contribution < -0.4 is 4.90 Å². The van der Waals surface area contributed by atoms with Crippen molar-refractivity contribution in [2.45, 2.75) is 12.8 Å². The van der Waals surface area contributed by atoms with E-state index in [1.54, 1.807) is 24.4 Å². The quantitative estimate of drug-likeness (QED) is 0.859. The molecule has 3 heteroatoms. The van der Waals surface area contributed by atoms with E-state index in [0.717, 1.165) is 18.7 Å². The fraction of sp³-hybridized carbons (Fsp3) is 0.235. The van der Waals surface area contributed by atoms with E-state index in [9.17, 15) is 5.11 Å². The van der Waals surface area contributed by atoms with Gasteiger partial charge in [-0.25, -0.2) is 0 Å². The van der Waals surface area contributed by atoms with Crippen molar-refractivity contribution in [3.05, 3.63) is 54.1 Å². The van der Waals surface area contributed by atoms with Gasteiger partial charge in [0.15, 0.2) is 0 Å². The Hall–Kier alpha value is -2.29. The van der Waals surface area contributed by atoms with E-state index >= 15 is 0 Å². The van der Waals surface area contributed by atoms with Crippen LogP contribution in [0, 0.1) is 0 Å². The summed E-state index contributed by atoms with van der Waals surface area (Å²) in [5, 5.41) is 9.66. The molecule has 1 heterocycles. The molecular weight excluding hydrogens is 248 g/mol. The maximum absolute atomic E-state index is 9.66. The number of hydrogen-bond acceptors (Lipinski definition) is 3. The van der Waals surface area contributed by atoms with Crippen molar-refractivity contribution in [3.63, 3.8) is 0 Å². The van der Waals surface area contributed by atoms with Crippen LogP contribution in [-0.4, -0.2) is 24.4 Å². The number of benzene rings is 2. The number of para-hydroxylation sites is 2. The number of phenolic OH excluding ortho intramolecular Hbond substituents is 1. The summed E-state index contributed by atoms with van der Waals surface area (Å²) < 4.78 is 0. The second-order valence-corrected chi connectivity index (χ2v) is 5.03. The van der Waals surface area contributed by atoms with Crippen LogP contribution in [0.15, 0.2) is 53.5 Å². The van der Waals surface area contributed by atoms with Crippen LogP contribution in [0.25, 0.3) is 0 Å². The maximum Gasteiger partial charge on any atom is 0.141 e. The fourth-order valence-electron chi connectivity index (χ4n) is 2.46. The Labute approximate surface area is 119 Å². The SMILES string of the molecule is Oc1ccccc1N=Cc1ccc(N2CCCC2)cc1. The molecule has 1 fully saturated rings. The van der Waals surface area contributed by atoms with E-state index < -0.39 is 0 Å². The highest BCUT2D eigenvalue weighted by atomic mass is 16.3. The van der Waals surface area contributed by atoms with Crippen LogP contribution in [0.3, 0.4) is 0 Å². The van der Waals surface area contributed by atoms with Crippen molar-refractivity contribution in [2.75, 3.05) is 18.0 Å². The lowest BCUT2D eigenvalue weighted by Crippen LogP contribution is -2.17. The predicted molar refractivity (Wildman–Crippen MR) is 83.2 cm³/mol. The standard InChI is InChI=1S/C17H18N2O/c20-17-6-2-1-5-16(17)18-13-14-7-9-15(10-8-14)19-11-3-4-12-19/h1-2,5-10,13,20H,3-4,11-12H2. The van der Waals surface area contributed by atoms with Crippen molar-refractivity contribution >= 4 is 17.6 Å². The molecule has 2 aromatic carbocycles. The lowest BCUT2D eigenvalue weighted by molar-refractivity contribution is 0.477. The van der Waals surface area contributed by atoms with Crippen molar-refractivity contribution in [2.24, 2.45) is 4.99 Å². The summed E-state index contributed by atoms with van der Waals surface area (Å²) in [6.45, 7) is 2.32. The summed E-state index contributed by atoms with van der Waals surface area (Å²) in [5.41, 5.74) is 2.91. The predicted octanol–water partition coefficient (Wildman–Crippen LogP) is 3.74. The molecule has 102 valence electrons. The highest BCUT2D eigenvalue weighted by Gasteiger charge is 2.11. The third kappa shape index (κ3) is 2.82. The molecular formula is C17H18N2O. The van der Waals surface area contributed by atoms with Gasteiger partial charge in [0.05, 0.1) is 0 Å². The smallest absolute Gasteiger partial charge is 0.141 e. The first-order valence-electron chi connectivity index (χ1n) is 7.00. The Morgan fingerprint density at radius 3 is 2.35 bits per heavy atom. The highest BCUT2D eigenvalue weighted by molar-refractivity contribution is 5.83. The average Bonchev–Trinajstić information content (AvgIpc) is 3.01. The summed E-state index contributed by atoms with van der Waals surface area (Å²) in [6, 6.07) is 15.5. The molecule has 0 bridgehead atoms. The summed E-state index contributed by atoms with van der Waals surface area (Å²) >= 11 is 0. The van der Waals surface area contributed by atoms with Gasteiger partial charge in [-0.3, -0.25) is 4.99 Å². The normalized spacial score (nSPS) is 15.1. The lowest BCUT2D eigenvalue weighted by atomic mass is 10.2. The number of rotatable bonds is 3. The van der Waals surface area contributed by atoms with Crippen LogP contribution in [0.4, 0.5) is 11.4 Å². The van der Waals surface area contributed by atoms with E-state index in [-0.39, 0.29) is 5.75 Å². The zero-order valence-electron chi connectivity index (χ0n) is 11.4. The summed E-state index contributed by atoms with van der Waals surface area (Å²) in [7, 11) is 0. The fourth-order valence-corrected chi connectivity index (χ4v) is 2.46. The van der Waals surface area contributed by atoms with Gasteiger partial charge in [-0.15, -0.1) is 0 Å². The first-order chi connectivity index (χ1) is 9.83. The lowest BCUT2D eigenvalue weighted by Gasteiger charge is -2.17. The van der Waals surface area contributed by atoms with E-state index in [1.165, 1.54) is 18.5 Å². The van der Waals surface area contributed by atoms with Gasteiger partial charge in [0.25, 0.3) is 0 Å². The second-order valence-electron chi connectivity index (χ2n) is 5.03. The first kappa shape index (κ1) is 12.7. The number of phenols is 1. The largest absolute Gasteiger partial charge is 0.506 e. The van der Waals surface area contributed by atoms with E-state index in [0.29, 0.717) is 5.69 Å². The molecule has 20 heavy (non-hydrogen) atoms. The summed E-state index contributed by atoms with van der Waals surface area (Å²) in [6.07, 6.45) is 4.36. The average molecular weight is 266 g/mol. The third-order valence-electron chi connectivity index (χ3n) is 3.60. The van der Waals surface area contributed by atoms with Gasteiger partial charge in [0.2, 0.25) is 0 Å². The van der Waals surface area contributed by atoms with E-state index in [2.05, 4.69) is 34.2 Å². The molecule has 0 saturated carbocycles. The monoisotopic (exact) mass is 266 g/mol. The van der Waals surface area contributed by atoms with Gasteiger partial charge in [0, 0.05) is 25.0 Å². The molecule has 2 aromatic rings. The van der Waals surface area contributed by atoms with Crippen molar-refractivity contribution in [3.8, 4) is 5.75 Å². The number of aromatic hydroxyl groups is 1. The van der Waals surface area contributed by atoms with Gasteiger partial charge >= 0.3 is 0 Å². The molecule has 0 radical (unpaired) electrons. The van der Waals surface area contributed by atoms with E-state index in [4.69, 9.17) is 0 Å². The Morgan fingerprint density at radius 2 is 1.65 bits per heavy atom. The molecule has 0 aliphatic carbocycles. The third-order valence-corrected chi connectivity index (χ3v) is 3.60. The number of anilines is 1.